The Bertz CT molecular complexity index is 438. The van der Waals surface area contributed by atoms with Crippen LogP contribution in [0.1, 0.15) is 0 Å². The van der Waals surface area contributed by atoms with E-state index in [1.54, 1.807) is 12.1 Å². The van der Waals surface area contributed by atoms with Crippen LogP contribution >= 0.6 is 0 Å². The Morgan fingerprint density at radius 2 is 1.76 bits per heavy atom. The smallest absolute Gasteiger partial charge is 0.294 e. The average Bonchev–Trinajstić information content (AvgIpc) is 2.30. The van der Waals surface area contributed by atoms with Crippen molar-refractivity contribution in [2.75, 3.05) is 26.1 Å². The summed E-state index contributed by atoms with van der Waals surface area (Å²) in [5.41, 5.74) is 0.705. The molecule has 17 heavy (non-hydrogen) atoms. The molecule has 0 aliphatic heterocycles. The molecule has 0 heterocycles. The van der Waals surface area contributed by atoms with Gasteiger partial charge >= 0.3 is 0 Å². The predicted molar refractivity (Wildman–Crippen MR) is 62.6 cm³/mol. The lowest BCUT2D eigenvalue weighted by Gasteiger charge is -2.14. The van der Waals surface area contributed by atoms with Crippen LogP contribution in [0.15, 0.2) is 29.2 Å². The standard InChI is InChI=1S/C10H15NO5S/c1-15-10(16-2)7-11-8-3-5-9(6-4-8)17(12,13)14/h3-6,10-11H,7H2,1-2H3,(H,12,13,14). The van der Waals surface area contributed by atoms with Crippen molar-refractivity contribution in [3.8, 4) is 0 Å². The van der Waals surface area contributed by atoms with Crippen molar-refractivity contribution in [2.45, 2.75) is 11.2 Å². The Balaban J connectivity index is 2.63. The molecule has 6 nitrogen and oxygen atoms in total. The number of ether oxygens (including phenoxy) is 2. The summed E-state index contributed by atoms with van der Waals surface area (Å²) in [6, 6.07) is 5.72. The molecule has 0 amide bonds. The molecule has 0 aromatic heterocycles. The molecular weight excluding hydrogens is 246 g/mol. The third-order valence-corrected chi connectivity index (χ3v) is 3.02. The molecule has 1 rings (SSSR count). The van der Waals surface area contributed by atoms with E-state index in [0.717, 1.165) is 0 Å². The summed E-state index contributed by atoms with van der Waals surface area (Å²) in [5.74, 6) is 0. The van der Waals surface area contributed by atoms with Gasteiger partial charge in [-0.25, -0.2) is 0 Å². The van der Waals surface area contributed by atoms with Crippen LogP contribution in [0.5, 0.6) is 0 Å². The van der Waals surface area contributed by atoms with Crippen LogP contribution < -0.4 is 5.32 Å². The fourth-order valence-corrected chi connectivity index (χ4v) is 1.69. The van der Waals surface area contributed by atoms with E-state index < -0.39 is 10.1 Å². The van der Waals surface area contributed by atoms with Crippen LogP contribution in [0.3, 0.4) is 0 Å². The van der Waals surface area contributed by atoms with Gasteiger partial charge in [0.15, 0.2) is 6.29 Å². The molecule has 0 spiro atoms. The fraction of sp³-hybridized carbons (Fsp3) is 0.400. The van der Waals surface area contributed by atoms with Gasteiger partial charge < -0.3 is 14.8 Å². The van der Waals surface area contributed by atoms with Crippen molar-refractivity contribution in [2.24, 2.45) is 0 Å². The first-order valence-corrected chi connectivity index (χ1v) is 6.28. The van der Waals surface area contributed by atoms with Gasteiger partial charge in [-0.15, -0.1) is 0 Å². The molecule has 2 N–H and O–H groups in total. The lowest BCUT2D eigenvalue weighted by atomic mass is 10.3. The molecule has 0 unspecified atom stereocenters. The van der Waals surface area contributed by atoms with Crippen molar-refractivity contribution in [1.82, 2.24) is 0 Å². The van der Waals surface area contributed by atoms with Gasteiger partial charge in [0.2, 0.25) is 0 Å². The maximum atomic E-state index is 10.8. The predicted octanol–water partition coefficient (Wildman–Crippen LogP) is 0.964. The highest BCUT2D eigenvalue weighted by Crippen LogP contribution is 2.13. The Hall–Kier alpha value is -1.15. The second-order valence-corrected chi connectivity index (χ2v) is 4.70. The van der Waals surface area contributed by atoms with Gasteiger partial charge in [0.25, 0.3) is 10.1 Å². The Morgan fingerprint density at radius 3 is 2.18 bits per heavy atom. The second kappa shape index (κ2) is 5.97. The minimum absolute atomic E-state index is 0.141. The van der Waals surface area contributed by atoms with E-state index in [4.69, 9.17) is 14.0 Å². The number of benzene rings is 1. The lowest BCUT2D eigenvalue weighted by Crippen LogP contribution is -2.23. The maximum absolute atomic E-state index is 10.8. The maximum Gasteiger partial charge on any atom is 0.294 e. The highest BCUT2D eigenvalue weighted by molar-refractivity contribution is 7.85. The molecule has 0 saturated carbocycles. The molecule has 1 aromatic rings. The van der Waals surface area contributed by atoms with E-state index in [1.165, 1.54) is 26.4 Å². The molecule has 0 radical (unpaired) electrons. The van der Waals surface area contributed by atoms with Gasteiger partial charge in [-0.2, -0.15) is 8.42 Å². The normalized spacial score (nSPS) is 11.8. The molecule has 0 bridgehead atoms. The summed E-state index contributed by atoms with van der Waals surface area (Å²) < 4.78 is 40.3. The van der Waals surface area contributed by atoms with Crippen molar-refractivity contribution >= 4 is 15.8 Å². The number of rotatable bonds is 6. The van der Waals surface area contributed by atoms with Crippen LogP contribution in [0.2, 0.25) is 0 Å². The van der Waals surface area contributed by atoms with Gasteiger partial charge in [-0.1, -0.05) is 0 Å². The second-order valence-electron chi connectivity index (χ2n) is 3.28. The van der Waals surface area contributed by atoms with E-state index >= 15 is 0 Å². The van der Waals surface area contributed by atoms with Gasteiger partial charge in [0.05, 0.1) is 11.4 Å². The molecule has 7 heteroatoms. The van der Waals surface area contributed by atoms with Crippen LogP contribution in [0.25, 0.3) is 0 Å². The zero-order chi connectivity index (χ0) is 12.9. The summed E-state index contributed by atoms with van der Waals surface area (Å²) in [4.78, 5) is -0.141. The van der Waals surface area contributed by atoms with Gasteiger partial charge in [0, 0.05) is 19.9 Å². The third kappa shape index (κ3) is 4.31. The summed E-state index contributed by atoms with van der Waals surface area (Å²) in [6.45, 7) is 0.429. The number of hydrogen-bond acceptors (Lipinski definition) is 5. The third-order valence-electron chi connectivity index (χ3n) is 2.15. The summed E-state index contributed by atoms with van der Waals surface area (Å²) in [5, 5.41) is 3.00. The lowest BCUT2D eigenvalue weighted by molar-refractivity contribution is -0.0914. The minimum Gasteiger partial charge on any atom is -0.380 e. The largest absolute Gasteiger partial charge is 0.380 e. The van der Waals surface area contributed by atoms with Crippen molar-refractivity contribution in [3.05, 3.63) is 24.3 Å². The zero-order valence-electron chi connectivity index (χ0n) is 9.58. The van der Waals surface area contributed by atoms with E-state index in [-0.39, 0.29) is 11.2 Å². The first kappa shape index (κ1) is 13.9. The first-order valence-electron chi connectivity index (χ1n) is 4.84. The molecule has 0 atom stereocenters. The quantitative estimate of drug-likeness (QED) is 0.586. The SMILES string of the molecule is COC(CNc1ccc(S(=O)(=O)O)cc1)OC. The van der Waals surface area contributed by atoms with E-state index in [2.05, 4.69) is 5.32 Å². The van der Waals surface area contributed by atoms with Crippen LogP contribution in [0, 0.1) is 0 Å². The number of methoxy groups -OCH3 is 2. The average molecular weight is 261 g/mol. The van der Waals surface area contributed by atoms with E-state index in [0.29, 0.717) is 12.2 Å². The Kier molecular flexibility index (Phi) is 4.88. The number of nitrogens with one attached hydrogen (secondary N) is 1. The van der Waals surface area contributed by atoms with Crippen LogP contribution in [-0.2, 0) is 19.6 Å². The molecule has 96 valence electrons. The molecule has 0 fully saturated rings. The number of anilines is 1. The van der Waals surface area contributed by atoms with E-state index in [9.17, 15) is 8.42 Å². The highest BCUT2D eigenvalue weighted by atomic mass is 32.2. The molecule has 1 aromatic carbocycles. The molecule has 0 aliphatic carbocycles. The van der Waals surface area contributed by atoms with Crippen molar-refractivity contribution in [3.63, 3.8) is 0 Å². The fourth-order valence-electron chi connectivity index (χ4n) is 1.21. The molecule has 0 aliphatic rings. The van der Waals surface area contributed by atoms with Gasteiger partial charge in [0.1, 0.15) is 0 Å². The van der Waals surface area contributed by atoms with Crippen LogP contribution in [-0.4, -0.2) is 40.0 Å². The van der Waals surface area contributed by atoms with Gasteiger partial charge in [-0.3, -0.25) is 4.55 Å². The summed E-state index contributed by atoms with van der Waals surface area (Å²) in [6.07, 6.45) is -0.378. The van der Waals surface area contributed by atoms with Crippen molar-refractivity contribution < 1.29 is 22.4 Å². The van der Waals surface area contributed by atoms with Crippen molar-refractivity contribution in [1.29, 1.82) is 0 Å². The first-order chi connectivity index (χ1) is 7.97. The minimum atomic E-state index is -4.14. The number of hydrogen-bond donors (Lipinski definition) is 2. The topological polar surface area (TPSA) is 84.9 Å². The van der Waals surface area contributed by atoms with Crippen LogP contribution in [0.4, 0.5) is 5.69 Å². The Morgan fingerprint density at radius 1 is 1.24 bits per heavy atom. The molecular formula is C10H15NO5S. The molecule has 0 saturated heterocycles. The zero-order valence-corrected chi connectivity index (χ0v) is 10.4. The van der Waals surface area contributed by atoms with E-state index in [1.807, 2.05) is 0 Å². The monoisotopic (exact) mass is 261 g/mol. The Labute approximate surface area is 100 Å². The van der Waals surface area contributed by atoms with Gasteiger partial charge in [-0.05, 0) is 24.3 Å². The highest BCUT2D eigenvalue weighted by Gasteiger charge is 2.09. The summed E-state index contributed by atoms with van der Waals surface area (Å²) >= 11 is 0. The summed E-state index contributed by atoms with van der Waals surface area (Å²) in [7, 11) is -1.09.